The van der Waals surface area contributed by atoms with Crippen LogP contribution in [-0.4, -0.2) is 10.6 Å². The Morgan fingerprint density at radius 3 is 2.44 bits per heavy atom. The maximum atomic E-state index is 4.29. The third-order valence-corrected chi connectivity index (χ3v) is 11.1. The Morgan fingerprint density at radius 2 is 1.65 bits per heavy atom. The number of allylic oxidation sites excluding steroid dienone is 11. The minimum Gasteiger partial charge on any atom is -0.333 e. The summed E-state index contributed by atoms with van der Waals surface area (Å²) in [6, 6.07) is 34.1. The summed E-state index contributed by atoms with van der Waals surface area (Å²) >= 11 is 0. The highest BCUT2D eigenvalue weighted by atomic mass is 15.2. The average molecular weight is 621 g/mol. The van der Waals surface area contributed by atoms with Crippen LogP contribution in [0.1, 0.15) is 45.1 Å². The Hall–Kier alpha value is -5.34. The highest BCUT2D eigenvalue weighted by Gasteiger charge is 2.46. The highest BCUT2D eigenvalue weighted by Crippen LogP contribution is 2.58. The Kier molecular flexibility index (Phi) is 6.52. The van der Waals surface area contributed by atoms with Crippen molar-refractivity contribution in [3.8, 4) is 11.1 Å². The third kappa shape index (κ3) is 4.12. The van der Waals surface area contributed by atoms with Crippen molar-refractivity contribution in [2.45, 2.75) is 45.6 Å². The zero-order valence-corrected chi connectivity index (χ0v) is 27.9. The summed E-state index contributed by atoms with van der Waals surface area (Å²) in [6.07, 6.45) is 20.5. The lowest BCUT2D eigenvalue weighted by molar-refractivity contribution is 0.564. The molecule has 48 heavy (non-hydrogen) atoms. The van der Waals surface area contributed by atoms with Gasteiger partial charge in [-0.3, -0.25) is 0 Å². The standard InChI is InChI=1S/C46H40N2/c1-5-15-40-34(6-2)36-28-39-37-26-31(30-16-9-7-10-17-30)22-24-43(37)48(45(39)29-41(36)46(40,3)4)33-23-25-44-38(27-33)35-20-13-14-21-42(35)47(44)32-18-11-8-12-19-32/h5-11,13-18,20-29,39,45H,2,12,19H2,1,3-4H3/b15-5-. The smallest absolute Gasteiger partial charge is 0.0632 e. The van der Waals surface area contributed by atoms with E-state index in [0.717, 1.165) is 12.8 Å². The van der Waals surface area contributed by atoms with E-state index in [0.29, 0.717) is 0 Å². The van der Waals surface area contributed by atoms with E-state index >= 15 is 0 Å². The number of anilines is 2. The highest BCUT2D eigenvalue weighted by molar-refractivity contribution is 6.11. The summed E-state index contributed by atoms with van der Waals surface area (Å²) in [5, 5.41) is 2.61. The second-order valence-corrected chi connectivity index (χ2v) is 14.0. The van der Waals surface area contributed by atoms with Crippen LogP contribution in [0.5, 0.6) is 0 Å². The first-order chi connectivity index (χ1) is 23.5. The number of hydrogen-bond donors (Lipinski definition) is 0. The lowest BCUT2D eigenvalue weighted by atomic mass is 9.75. The Bertz CT molecular complexity index is 2350. The summed E-state index contributed by atoms with van der Waals surface area (Å²) in [7, 11) is 0. The monoisotopic (exact) mass is 620 g/mol. The fourth-order valence-electron chi connectivity index (χ4n) is 8.85. The number of hydrogen-bond acceptors (Lipinski definition) is 1. The molecule has 0 saturated carbocycles. The van der Waals surface area contributed by atoms with E-state index < -0.39 is 0 Å². The molecule has 4 aromatic carbocycles. The van der Waals surface area contributed by atoms with Gasteiger partial charge in [0.1, 0.15) is 0 Å². The number of fused-ring (bicyclic) bond motifs is 7. The normalized spacial score (nSPS) is 21.0. The van der Waals surface area contributed by atoms with E-state index in [1.165, 1.54) is 77.9 Å². The molecule has 4 aliphatic rings. The van der Waals surface area contributed by atoms with Crippen LogP contribution in [0, 0.1) is 5.41 Å². The van der Waals surface area contributed by atoms with Gasteiger partial charge in [0.05, 0.1) is 17.1 Å². The zero-order valence-electron chi connectivity index (χ0n) is 27.9. The molecule has 0 bridgehead atoms. The molecular weight excluding hydrogens is 581 g/mol. The van der Waals surface area contributed by atoms with Gasteiger partial charge in [-0.1, -0.05) is 118 Å². The molecule has 2 unspecified atom stereocenters. The Balaban J connectivity index is 1.26. The fraction of sp³-hybridized carbons (Fsp3) is 0.174. The predicted molar refractivity (Wildman–Crippen MR) is 205 cm³/mol. The number of rotatable bonds is 5. The van der Waals surface area contributed by atoms with Crippen LogP contribution in [0.3, 0.4) is 0 Å². The summed E-state index contributed by atoms with van der Waals surface area (Å²) in [4.78, 5) is 2.61. The molecule has 9 rings (SSSR count). The van der Waals surface area contributed by atoms with Crippen LogP contribution in [0.25, 0.3) is 38.6 Å². The van der Waals surface area contributed by atoms with Crippen molar-refractivity contribution in [2.75, 3.05) is 4.90 Å². The van der Waals surface area contributed by atoms with Crippen LogP contribution in [0.2, 0.25) is 0 Å². The molecule has 0 amide bonds. The number of benzene rings is 4. The number of aromatic nitrogens is 1. The molecule has 2 heterocycles. The van der Waals surface area contributed by atoms with Gasteiger partial charge in [0, 0.05) is 39.2 Å². The van der Waals surface area contributed by atoms with E-state index in [4.69, 9.17) is 0 Å². The van der Waals surface area contributed by atoms with Crippen molar-refractivity contribution < 1.29 is 0 Å². The topological polar surface area (TPSA) is 8.17 Å². The Morgan fingerprint density at radius 1 is 0.833 bits per heavy atom. The van der Waals surface area contributed by atoms with Crippen molar-refractivity contribution in [3.63, 3.8) is 0 Å². The molecule has 0 radical (unpaired) electrons. The molecular formula is C46H40N2. The molecule has 2 nitrogen and oxygen atoms in total. The largest absolute Gasteiger partial charge is 0.333 e. The quantitative estimate of drug-likeness (QED) is 0.190. The van der Waals surface area contributed by atoms with Gasteiger partial charge < -0.3 is 9.47 Å². The minimum absolute atomic E-state index is 0.109. The van der Waals surface area contributed by atoms with Gasteiger partial charge >= 0.3 is 0 Å². The van der Waals surface area contributed by atoms with Crippen molar-refractivity contribution in [3.05, 3.63) is 174 Å². The van der Waals surface area contributed by atoms with Crippen molar-refractivity contribution in [1.29, 1.82) is 0 Å². The van der Waals surface area contributed by atoms with Gasteiger partial charge in [0.2, 0.25) is 0 Å². The minimum atomic E-state index is -0.109. The molecule has 0 saturated heterocycles. The van der Waals surface area contributed by atoms with Crippen molar-refractivity contribution in [1.82, 2.24) is 4.57 Å². The first-order valence-electron chi connectivity index (χ1n) is 17.3. The molecule has 1 aromatic heterocycles. The molecule has 3 aliphatic carbocycles. The maximum Gasteiger partial charge on any atom is 0.0632 e. The fourth-order valence-corrected chi connectivity index (χ4v) is 8.85. The molecule has 0 spiro atoms. The van der Waals surface area contributed by atoms with Crippen molar-refractivity contribution >= 4 is 38.9 Å². The molecule has 5 aromatic rings. The second kappa shape index (κ2) is 10.9. The van der Waals surface area contributed by atoms with E-state index in [1.807, 2.05) is 0 Å². The van der Waals surface area contributed by atoms with Crippen LogP contribution >= 0.6 is 0 Å². The van der Waals surface area contributed by atoms with Crippen LogP contribution in [0.4, 0.5) is 11.4 Å². The summed E-state index contributed by atoms with van der Waals surface area (Å²) in [5.41, 5.74) is 15.6. The SMILES string of the molecule is C=CC1=C(/C=C\C)C(C)(C)C2=CC3C(C=C21)c1cc(-c2ccccc2)ccc1N3c1ccc2c(c1)c1ccccc1n2C1=CC=CCC1. The summed E-state index contributed by atoms with van der Waals surface area (Å²) < 4.78 is 2.48. The first-order valence-corrected chi connectivity index (χ1v) is 17.3. The predicted octanol–water partition coefficient (Wildman–Crippen LogP) is 12.2. The van der Waals surface area contributed by atoms with Gasteiger partial charge in [-0.2, -0.15) is 0 Å². The zero-order chi connectivity index (χ0) is 32.6. The van der Waals surface area contributed by atoms with Gasteiger partial charge in [-0.25, -0.2) is 0 Å². The first kappa shape index (κ1) is 28.8. The average Bonchev–Trinajstić information content (AvgIpc) is 3.70. The van der Waals surface area contributed by atoms with Gasteiger partial charge in [-0.15, -0.1) is 0 Å². The lowest BCUT2D eigenvalue weighted by Gasteiger charge is -2.34. The number of nitrogens with zero attached hydrogens (tertiary/aromatic N) is 2. The van der Waals surface area contributed by atoms with E-state index in [2.05, 4.69) is 176 Å². The van der Waals surface area contributed by atoms with E-state index in [1.54, 1.807) is 0 Å². The molecule has 1 aliphatic heterocycles. The third-order valence-electron chi connectivity index (χ3n) is 11.1. The summed E-state index contributed by atoms with van der Waals surface area (Å²) in [6.45, 7) is 11.1. The molecule has 0 N–H and O–H groups in total. The second-order valence-electron chi connectivity index (χ2n) is 14.0. The lowest BCUT2D eigenvalue weighted by Crippen LogP contribution is -2.31. The van der Waals surface area contributed by atoms with Gasteiger partial charge in [0.25, 0.3) is 0 Å². The molecule has 2 atom stereocenters. The van der Waals surface area contributed by atoms with Crippen molar-refractivity contribution in [2.24, 2.45) is 5.41 Å². The molecule has 234 valence electrons. The van der Waals surface area contributed by atoms with Gasteiger partial charge in [0.15, 0.2) is 0 Å². The van der Waals surface area contributed by atoms with Gasteiger partial charge in [-0.05, 0) is 101 Å². The number of para-hydroxylation sites is 1. The van der Waals surface area contributed by atoms with Crippen LogP contribution in [-0.2, 0) is 0 Å². The van der Waals surface area contributed by atoms with Crippen LogP contribution < -0.4 is 4.90 Å². The van der Waals surface area contributed by atoms with E-state index in [-0.39, 0.29) is 17.4 Å². The molecule has 0 fully saturated rings. The van der Waals surface area contributed by atoms with Crippen LogP contribution in [0.15, 0.2) is 168 Å². The Labute approximate surface area is 283 Å². The maximum absolute atomic E-state index is 4.29. The molecule has 2 heteroatoms. The summed E-state index contributed by atoms with van der Waals surface area (Å²) in [5.74, 6) is 0.217. The van der Waals surface area contributed by atoms with E-state index in [9.17, 15) is 0 Å².